The van der Waals surface area contributed by atoms with Crippen LogP contribution < -0.4 is 0 Å². The summed E-state index contributed by atoms with van der Waals surface area (Å²) in [6, 6.07) is 16.3. The van der Waals surface area contributed by atoms with Gasteiger partial charge in [0.05, 0.1) is 6.54 Å². The molecule has 1 atom stereocenters. The van der Waals surface area contributed by atoms with Crippen LogP contribution in [0.3, 0.4) is 0 Å². The molecule has 0 aromatic heterocycles. The molecule has 5 nitrogen and oxygen atoms in total. The summed E-state index contributed by atoms with van der Waals surface area (Å²) in [4.78, 5) is 30.4. The van der Waals surface area contributed by atoms with Crippen molar-refractivity contribution in [2.45, 2.75) is 12.3 Å². The van der Waals surface area contributed by atoms with Gasteiger partial charge in [0.2, 0.25) is 11.8 Å². The number of rotatable bonds is 6. The van der Waals surface area contributed by atoms with Crippen LogP contribution in [-0.2, 0) is 9.59 Å². The fraction of sp³-hybridized carbons (Fsp3) is 0.391. The van der Waals surface area contributed by atoms with Crippen molar-refractivity contribution < 1.29 is 14.0 Å². The molecule has 29 heavy (non-hydrogen) atoms. The van der Waals surface area contributed by atoms with Crippen LogP contribution in [-0.4, -0.2) is 73.3 Å². The molecule has 1 unspecified atom stereocenters. The van der Waals surface area contributed by atoms with E-state index in [0.717, 1.165) is 5.56 Å². The first kappa shape index (κ1) is 21.0. The van der Waals surface area contributed by atoms with Gasteiger partial charge in [0.1, 0.15) is 5.82 Å². The van der Waals surface area contributed by atoms with Crippen LogP contribution >= 0.6 is 0 Å². The van der Waals surface area contributed by atoms with Crippen LogP contribution in [0.15, 0.2) is 54.6 Å². The zero-order valence-corrected chi connectivity index (χ0v) is 17.1. The molecule has 6 heteroatoms. The first-order valence-electron chi connectivity index (χ1n) is 9.95. The third-order valence-corrected chi connectivity index (χ3v) is 5.44. The number of nitrogens with zero attached hydrogens (tertiary/aromatic N) is 3. The van der Waals surface area contributed by atoms with Crippen LogP contribution in [0.1, 0.15) is 23.5 Å². The van der Waals surface area contributed by atoms with E-state index in [-0.39, 0.29) is 30.0 Å². The van der Waals surface area contributed by atoms with Gasteiger partial charge in [-0.1, -0.05) is 48.5 Å². The van der Waals surface area contributed by atoms with Gasteiger partial charge in [0.15, 0.2) is 0 Å². The Morgan fingerprint density at radius 2 is 1.59 bits per heavy atom. The molecule has 0 bridgehead atoms. The van der Waals surface area contributed by atoms with E-state index in [1.165, 1.54) is 6.07 Å². The maximum absolute atomic E-state index is 14.5. The summed E-state index contributed by atoms with van der Waals surface area (Å²) in [5, 5.41) is 0. The number of halogens is 1. The molecule has 0 spiro atoms. The zero-order valence-electron chi connectivity index (χ0n) is 17.1. The van der Waals surface area contributed by atoms with E-state index in [1.807, 2.05) is 35.2 Å². The summed E-state index contributed by atoms with van der Waals surface area (Å²) in [5.41, 5.74) is 1.48. The van der Waals surface area contributed by atoms with Crippen molar-refractivity contribution in [2.75, 3.05) is 46.8 Å². The Balaban J connectivity index is 1.67. The van der Waals surface area contributed by atoms with Crippen LogP contribution in [0.2, 0.25) is 0 Å². The monoisotopic (exact) mass is 397 g/mol. The molecule has 2 amide bonds. The highest BCUT2D eigenvalue weighted by Gasteiger charge is 2.27. The Morgan fingerprint density at radius 1 is 0.966 bits per heavy atom. The van der Waals surface area contributed by atoms with Crippen molar-refractivity contribution in [1.29, 1.82) is 0 Å². The van der Waals surface area contributed by atoms with Crippen LogP contribution in [0.25, 0.3) is 0 Å². The molecule has 2 aromatic carbocycles. The standard InChI is InChI=1S/C23H28FN3O2/c1-25(2)23(29)17-26-12-14-27(15-13-26)22(28)16-20(18-8-4-3-5-9-18)19-10-6-7-11-21(19)24/h3-11,20H,12-17H2,1-2H3. The Hall–Kier alpha value is -2.73. The van der Waals surface area contributed by atoms with Gasteiger partial charge in [-0.3, -0.25) is 14.5 Å². The highest BCUT2D eigenvalue weighted by atomic mass is 19.1. The summed E-state index contributed by atoms with van der Waals surface area (Å²) >= 11 is 0. The third kappa shape index (κ3) is 5.41. The van der Waals surface area contributed by atoms with Crippen molar-refractivity contribution in [1.82, 2.24) is 14.7 Å². The summed E-state index contributed by atoms with van der Waals surface area (Å²) < 4.78 is 14.5. The average Bonchev–Trinajstić information content (AvgIpc) is 2.73. The predicted molar refractivity (Wildman–Crippen MR) is 111 cm³/mol. The van der Waals surface area contributed by atoms with Gasteiger partial charge >= 0.3 is 0 Å². The third-order valence-electron chi connectivity index (χ3n) is 5.44. The molecule has 1 heterocycles. The minimum absolute atomic E-state index is 0.0145. The SMILES string of the molecule is CN(C)C(=O)CN1CCN(C(=O)CC(c2ccccc2)c2ccccc2F)CC1. The number of benzene rings is 2. The van der Waals surface area contributed by atoms with Crippen LogP contribution in [0.5, 0.6) is 0 Å². The van der Waals surface area contributed by atoms with E-state index in [4.69, 9.17) is 0 Å². The second-order valence-electron chi connectivity index (χ2n) is 7.63. The summed E-state index contributed by atoms with van der Waals surface area (Å²) in [7, 11) is 3.49. The highest BCUT2D eigenvalue weighted by Crippen LogP contribution is 2.30. The smallest absolute Gasteiger partial charge is 0.236 e. The van der Waals surface area contributed by atoms with Gasteiger partial charge < -0.3 is 9.80 Å². The molecule has 1 saturated heterocycles. The molecule has 1 aliphatic rings. The summed E-state index contributed by atoms with van der Waals surface area (Å²) in [5.74, 6) is -0.534. The second kappa shape index (κ2) is 9.65. The molecule has 0 aliphatic carbocycles. The van der Waals surface area contributed by atoms with Crippen molar-refractivity contribution in [3.63, 3.8) is 0 Å². The topological polar surface area (TPSA) is 43.9 Å². The lowest BCUT2D eigenvalue weighted by atomic mass is 9.87. The molecule has 0 saturated carbocycles. The largest absolute Gasteiger partial charge is 0.348 e. The molecule has 1 fully saturated rings. The number of likely N-dealkylation sites (N-methyl/N-ethyl adjacent to an activating group) is 1. The lowest BCUT2D eigenvalue weighted by molar-refractivity contribution is -0.134. The first-order valence-corrected chi connectivity index (χ1v) is 9.95. The van der Waals surface area contributed by atoms with Gasteiger partial charge in [-0.05, 0) is 17.2 Å². The first-order chi connectivity index (χ1) is 14.0. The van der Waals surface area contributed by atoms with Crippen LogP contribution in [0.4, 0.5) is 4.39 Å². The fourth-order valence-electron chi connectivity index (χ4n) is 3.64. The number of hydrogen-bond donors (Lipinski definition) is 0. The lowest BCUT2D eigenvalue weighted by Crippen LogP contribution is -2.51. The number of hydrogen-bond acceptors (Lipinski definition) is 3. The van der Waals surface area contributed by atoms with Gasteiger partial charge in [-0.2, -0.15) is 0 Å². The summed E-state index contributed by atoms with van der Waals surface area (Å²) in [6.45, 7) is 2.87. The molecule has 3 rings (SSSR count). The van der Waals surface area contributed by atoms with E-state index in [2.05, 4.69) is 4.90 Å². The molecule has 1 aliphatic heterocycles. The van der Waals surface area contributed by atoms with Crippen LogP contribution in [0, 0.1) is 5.82 Å². The normalized spacial score (nSPS) is 15.8. The number of piperazine rings is 1. The van der Waals surface area contributed by atoms with Crippen molar-refractivity contribution in [2.24, 2.45) is 0 Å². The van der Waals surface area contributed by atoms with Gasteiger partial charge in [0.25, 0.3) is 0 Å². The number of carbonyl (C=O) groups excluding carboxylic acids is 2. The minimum atomic E-state index is -0.321. The molecular formula is C23H28FN3O2. The van der Waals surface area contributed by atoms with E-state index in [1.54, 1.807) is 37.2 Å². The molecule has 0 N–H and O–H groups in total. The molecule has 154 valence electrons. The predicted octanol–water partition coefficient (Wildman–Crippen LogP) is 2.58. The number of amides is 2. The number of carbonyl (C=O) groups is 2. The van der Waals surface area contributed by atoms with E-state index < -0.39 is 0 Å². The minimum Gasteiger partial charge on any atom is -0.348 e. The zero-order chi connectivity index (χ0) is 20.8. The fourth-order valence-corrected chi connectivity index (χ4v) is 3.64. The Labute approximate surface area is 171 Å². The Kier molecular flexibility index (Phi) is 6.99. The van der Waals surface area contributed by atoms with Crippen molar-refractivity contribution >= 4 is 11.8 Å². The molecule has 2 aromatic rings. The highest BCUT2D eigenvalue weighted by molar-refractivity contribution is 5.79. The van der Waals surface area contributed by atoms with Crippen molar-refractivity contribution in [3.05, 3.63) is 71.5 Å². The second-order valence-corrected chi connectivity index (χ2v) is 7.63. The van der Waals surface area contributed by atoms with E-state index in [0.29, 0.717) is 38.3 Å². The van der Waals surface area contributed by atoms with Gasteiger partial charge in [-0.15, -0.1) is 0 Å². The summed E-state index contributed by atoms with van der Waals surface area (Å²) in [6.07, 6.45) is 0.224. The average molecular weight is 397 g/mol. The maximum atomic E-state index is 14.5. The van der Waals surface area contributed by atoms with Gasteiger partial charge in [0, 0.05) is 52.6 Å². The molecule has 0 radical (unpaired) electrons. The quantitative estimate of drug-likeness (QED) is 0.753. The van der Waals surface area contributed by atoms with Gasteiger partial charge in [-0.25, -0.2) is 4.39 Å². The van der Waals surface area contributed by atoms with Crippen molar-refractivity contribution in [3.8, 4) is 0 Å². The Bertz CT molecular complexity index is 833. The van der Waals surface area contributed by atoms with E-state index >= 15 is 0 Å². The molecular weight excluding hydrogens is 369 g/mol. The lowest BCUT2D eigenvalue weighted by Gasteiger charge is -2.35. The Morgan fingerprint density at radius 3 is 2.21 bits per heavy atom. The van der Waals surface area contributed by atoms with E-state index in [9.17, 15) is 14.0 Å². The maximum Gasteiger partial charge on any atom is 0.236 e.